The van der Waals surface area contributed by atoms with E-state index in [-0.39, 0.29) is 5.63 Å². The van der Waals surface area contributed by atoms with E-state index in [4.69, 9.17) is 23.9 Å². The van der Waals surface area contributed by atoms with Crippen molar-refractivity contribution in [1.29, 1.82) is 0 Å². The van der Waals surface area contributed by atoms with Gasteiger partial charge in [0.15, 0.2) is 0 Å². The summed E-state index contributed by atoms with van der Waals surface area (Å²) < 4.78 is 17.4. The van der Waals surface area contributed by atoms with Crippen molar-refractivity contribution in [3.05, 3.63) is 81.8 Å². The Morgan fingerprint density at radius 2 is 1.89 bits per heavy atom. The van der Waals surface area contributed by atoms with Crippen molar-refractivity contribution >= 4 is 32.5 Å². The molecule has 3 aromatic heterocycles. The summed E-state index contributed by atoms with van der Waals surface area (Å²) in [6.45, 7) is 5.77. The third-order valence-corrected chi connectivity index (χ3v) is 7.27. The zero-order valence-corrected chi connectivity index (χ0v) is 20.7. The van der Waals surface area contributed by atoms with E-state index in [2.05, 4.69) is 22.4 Å². The van der Waals surface area contributed by atoms with Gasteiger partial charge >= 0.3 is 5.63 Å². The molecule has 0 atom stereocenters. The van der Waals surface area contributed by atoms with Crippen LogP contribution in [0.2, 0.25) is 0 Å². The summed E-state index contributed by atoms with van der Waals surface area (Å²) in [5, 5.41) is 3.89. The largest absolute Gasteiger partial charge is 0.438 e. The molecule has 7 nitrogen and oxygen atoms in total. The standard InChI is InChI=1S/C28H25N3O4S/c1-2-18-14-25(32)35-23-15-20(8-9-21(18)23)34-27-26-22(19-6-4-3-5-7-19)17-36-28(26)30-24(29-27)16-31-10-12-33-13-11-31/h3-9,14-15,17H,2,10-13,16H2,1H3. The number of hydrogen-bond acceptors (Lipinski definition) is 8. The number of morpholine rings is 1. The molecule has 2 aromatic carbocycles. The second kappa shape index (κ2) is 9.81. The Bertz CT molecular complexity index is 1590. The van der Waals surface area contributed by atoms with Gasteiger partial charge in [0.2, 0.25) is 5.88 Å². The van der Waals surface area contributed by atoms with Gasteiger partial charge in [0.25, 0.3) is 0 Å². The van der Waals surface area contributed by atoms with Crippen LogP contribution in [0.25, 0.3) is 32.3 Å². The third kappa shape index (κ3) is 4.51. The van der Waals surface area contributed by atoms with E-state index in [0.29, 0.717) is 42.8 Å². The molecule has 1 saturated heterocycles. The van der Waals surface area contributed by atoms with Crippen LogP contribution in [-0.4, -0.2) is 41.2 Å². The van der Waals surface area contributed by atoms with Gasteiger partial charge in [-0.15, -0.1) is 11.3 Å². The van der Waals surface area contributed by atoms with Gasteiger partial charge in [0.1, 0.15) is 22.0 Å². The minimum absolute atomic E-state index is 0.363. The fourth-order valence-corrected chi connectivity index (χ4v) is 5.52. The second-order valence-electron chi connectivity index (χ2n) is 8.73. The maximum atomic E-state index is 12.1. The normalized spacial score (nSPS) is 14.5. The number of thiophene rings is 1. The maximum Gasteiger partial charge on any atom is 0.336 e. The van der Waals surface area contributed by atoms with Crippen molar-refractivity contribution in [1.82, 2.24) is 14.9 Å². The average Bonchev–Trinajstić information content (AvgIpc) is 3.33. The fraction of sp³-hybridized carbons (Fsp3) is 0.250. The first-order valence-corrected chi connectivity index (χ1v) is 12.9. The lowest BCUT2D eigenvalue weighted by atomic mass is 10.1. The van der Waals surface area contributed by atoms with Gasteiger partial charge in [0.05, 0.1) is 25.1 Å². The Labute approximate surface area is 211 Å². The molecule has 182 valence electrons. The van der Waals surface area contributed by atoms with E-state index in [1.54, 1.807) is 23.5 Å². The highest BCUT2D eigenvalue weighted by molar-refractivity contribution is 7.17. The van der Waals surface area contributed by atoms with Crippen LogP contribution in [0.4, 0.5) is 0 Å². The summed E-state index contributed by atoms with van der Waals surface area (Å²) in [4.78, 5) is 25.0. The van der Waals surface area contributed by atoms with Crippen molar-refractivity contribution in [2.45, 2.75) is 19.9 Å². The molecular weight excluding hydrogens is 474 g/mol. The van der Waals surface area contributed by atoms with Crippen LogP contribution >= 0.6 is 11.3 Å². The lowest BCUT2D eigenvalue weighted by Crippen LogP contribution is -2.36. The molecule has 0 bridgehead atoms. The van der Waals surface area contributed by atoms with Gasteiger partial charge in [-0.1, -0.05) is 37.3 Å². The lowest BCUT2D eigenvalue weighted by Gasteiger charge is -2.25. The summed E-state index contributed by atoms with van der Waals surface area (Å²) in [5.41, 5.74) is 3.20. The van der Waals surface area contributed by atoms with Crippen LogP contribution in [-0.2, 0) is 17.7 Å². The molecule has 6 rings (SSSR count). The van der Waals surface area contributed by atoms with Crippen LogP contribution in [0, 0.1) is 0 Å². The zero-order valence-electron chi connectivity index (χ0n) is 19.9. The molecule has 8 heteroatoms. The van der Waals surface area contributed by atoms with Gasteiger partial charge in [-0.25, -0.2) is 9.78 Å². The first-order valence-electron chi connectivity index (χ1n) is 12.1. The van der Waals surface area contributed by atoms with Crippen LogP contribution in [0.3, 0.4) is 0 Å². The van der Waals surface area contributed by atoms with E-state index in [1.807, 2.05) is 37.3 Å². The SMILES string of the molecule is CCc1cc(=O)oc2cc(Oc3nc(CN4CCOCC4)nc4scc(-c5ccccc5)c34)ccc12. The van der Waals surface area contributed by atoms with Crippen molar-refractivity contribution in [3.8, 4) is 22.8 Å². The minimum atomic E-state index is -0.363. The summed E-state index contributed by atoms with van der Waals surface area (Å²) in [5.74, 6) is 1.76. The van der Waals surface area contributed by atoms with Crippen molar-refractivity contribution in [2.75, 3.05) is 26.3 Å². The van der Waals surface area contributed by atoms with E-state index < -0.39 is 0 Å². The molecule has 1 fully saturated rings. The number of aryl methyl sites for hydroxylation is 1. The molecule has 0 aliphatic carbocycles. The molecule has 0 spiro atoms. The van der Waals surface area contributed by atoms with E-state index >= 15 is 0 Å². The Hall–Kier alpha value is -3.59. The molecule has 1 aliphatic heterocycles. The van der Waals surface area contributed by atoms with Crippen molar-refractivity contribution in [2.24, 2.45) is 0 Å². The van der Waals surface area contributed by atoms with Gasteiger partial charge < -0.3 is 13.9 Å². The lowest BCUT2D eigenvalue weighted by molar-refractivity contribution is 0.0330. The Morgan fingerprint density at radius 1 is 1.06 bits per heavy atom. The molecule has 0 amide bonds. The molecule has 0 saturated carbocycles. The molecule has 0 N–H and O–H groups in total. The van der Waals surface area contributed by atoms with E-state index in [1.165, 1.54) is 0 Å². The van der Waals surface area contributed by atoms with Crippen LogP contribution in [0.1, 0.15) is 18.3 Å². The van der Waals surface area contributed by atoms with Crippen LogP contribution in [0.5, 0.6) is 11.6 Å². The molecule has 1 aliphatic rings. The molecule has 0 unspecified atom stereocenters. The van der Waals surface area contributed by atoms with Gasteiger partial charge in [-0.2, -0.15) is 4.98 Å². The number of benzene rings is 2. The predicted molar refractivity (Wildman–Crippen MR) is 141 cm³/mol. The number of rotatable bonds is 6. The number of fused-ring (bicyclic) bond motifs is 2. The Balaban J connectivity index is 1.45. The summed E-state index contributed by atoms with van der Waals surface area (Å²) in [6.07, 6.45) is 0.745. The number of aromatic nitrogens is 2. The van der Waals surface area contributed by atoms with Gasteiger partial charge in [-0.3, -0.25) is 4.90 Å². The van der Waals surface area contributed by atoms with E-state index in [0.717, 1.165) is 51.8 Å². The Morgan fingerprint density at radius 3 is 2.69 bits per heavy atom. The summed E-state index contributed by atoms with van der Waals surface area (Å²) in [7, 11) is 0. The molecule has 5 aromatic rings. The Kier molecular flexibility index (Phi) is 6.23. The smallest absolute Gasteiger partial charge is 0.336 e. The predicted octanol–water partition coefficient (Wildman–Crippen LogP) is 5.65. The maximum absolute atomic E-state index is 12.1. The van der Waals surface area contributed by atoms with Crippen molar-refractivity contribution < 1.29 is 13.9 Å². The second-order valence-corrected chi connectivity index (χ2v) is 9.59. The highest BCUT2D eigenvalue weighted by Gasteiger charge is 2.20. The zero-order chi connectivity index (χ0) is 24.5. The topological polar surface area (TPSA) is 77.7 Å². The monoisotopic (exact) mass is 499 g/mol. The van der Waals surface area contributed by atoms with Crippen LogP contribution < -0.4 is 10.4 Å². The molecule has 0 radical (unpaired) electrons. The highest BCUT2D eigenvalue weighted by atomic mass is 32.1. The fourth-order valence-electron chi connectivity index (χ4n) is 4.56. The van der Waals surface area contributed by atoms with Gasteiger partial charge in [-0.05, 0) is 29.7 Å². The minimum Gasteiger partial charge on any atom is -0.438 e. The average molecular weight is 500 g/mol. The quantitative estimate of drug-likeness (QED) is 0.279. The summed E-state index contributed by atoms with van der Waals surface area (Å²) in [6, 6.07) is 17.3. The first kappa shape index (κ1) is 22.8. The summed E-state index contributed by atoms with van der Waals surface area (Å²) >= 11 is 1.58. The molecular formula is C28H25N3O4S. The molecule has 4 heterocycles. The number of ether oxygens (including phenoxy) is 2. The third-order valence-electron chi connectivity index (χ3n) is 6.40. The molecule has 36 heavy (non-hydrogen) atoms. The van der Waals surface area contributed by atoms with Crippen LogP contribution in [0.15, 0.2) is 69.2 Å². The van der Waals surface area contributed by atoms with Gasteiger partial charge in [0, 0.05) is 41.6 Å². The highest BCUT2D eigenvalue weighted by Crippen LogP contribution is 2.40. The number of nitrogens with zero attached hydrogens (tertiary/aromatic N) is 3. The first-order chi connectivity index (χ1) is 17.7. The van der Waals surface area contributed by atoms with E-state index in [9.17, 15) is 4.79 Å². The number of hydrogen-bond donors (Lipinski definition) is 0. The van der Waals surface area contributed by atoms with Crippen molar-refractivity contribution in [3.63, 3.8) is 0 Å².